The van der Waals surface area contributed by atoms with Crippen LogP contribution in [0.5, 0.6) is 0 Å². The first kappa shape index (κ1) is 11.7. The molecule has 0 aliphatic heterocycles. The molecule has 0 saturated carbocycles. The lowest BCUT2D eigenvalue weighted by Gasteiger charge is -2.16. The van der Waals surface area contributed by atoms with Crippen molar-refractivity contribution in [3.63, 3.8) is 0 Å². The highest BCUT2D eigenvalue weighted by atomic mass is 32.2. The molecule has 1 amide bonds. The van der Waals surface area contributed by atoms with Gasteiger partial charge in [0.15, 0.2) is 0 Å². The summed E-state index contributed by atoms with van der Waals surface area (Å²) in [5.41, 5.74) is 2.08. The zero-order chi connectivity index (χ0) is 11.5. The Kier molecular flexibility index (Phi) is 3.43. The van der Waals surface area contributed by atoms with Crippen LogP contribution in [0.2, 0.25) is 0 Å². The van der Waals surface area contributed by atoms with Gasteiger partial charge in [-0.25, -0.2) is 8.42 Å². The van der Waals surface area contributed by atoms with Gasteiger partial charge in [0.1, 0.15) is 0 Å². The largest absolute Gasteiger partial charge is 0.275 e. The van der Waals surface area contributed by atoms with Crippen LogP contribution in [0.1, 0.15) is 6.92 Å². The van der Waals surface area contributed by atoms with Gasteiger partial charge >= 0.3 is 0 Å². The quantitative estimate of drug-likeness (QED) is 0.765. The third kappa shape index (κ3) is 2.77. The van der Waals surface area contributed by atoms with Crippen LogP contribution < -0.4 is 5.43 Å². The SMILES string of the molecule is [CH2]N(NC(C)=O)S(=O)(=O)c1ccccc1. The summed E-state index contributed by atoms with van der Waals surface area (Å²) in [6, 6.07) is 7.73. The number of carbonyl (C=O) groups excluding carboxylic acids is 1. The topological polar surface area (TPSA) is 66.5 Å². The van der Waals surface area contributed by atoms with Gasteiger partial charge in [0.25, 0.3) is 10.0 Å². The standard InChI is InChI=1S/C9H11N2O3S/c1-8(12)10-11(2)15(13,14)9-6-4-3-5-7-9/h3-7H,2H2,1H3,(H,10,12). The fourth-order valence-electron chi connectivity index (χ4n) is 0.955. The third-order valence-corrected chi connectivity index (χ3v) is 3.15. The van der Waals surface area contributed by atoms with Gasteiger partial charge in [-0.05, 0) is 12.1 Å². The van der Waals surface area contributed by atoms with Crippen LogP contribution >= 0.6 is 0 Å². The Labute approximate surface area is 88.7 Å². The zero-order valence-corrected chi connectivity index (χ0v) is 8.99. The summed E-state index contributed by atoms with van der Waals surface area (Å²) in [7, 11) is -0.504. The second-order valence-electron chi connectivity index (χ2n) is 2.83. The van der Waals surface area contributed by atoms with E-state index in [1.54, 1.807) is 18.2 Å². The van der Waals surface area contributed by atoms with E-state index >= 15 is 0 Å². The first-order valence-corrected chi connectivity index (χ1v) is 5.56. The summed E-state index contributed by atoms with van der Waals surface area (Å²) in [6.07, 6.45) is 0. The van der Waals surface area contributed by atoms with E-state index in [-0.39, 0.29) is 4.90 Å². The van der Waals surface area contributed by atoms with Gasteiger partial charge in [-0.2, -0.15) is 0 Å². The number of rotatable bonds is 3. The minimum atomic E-state index is -3.74. The van der Waals surface area contributed by atoms with Crippen molar-refractivity contribution in [2.45, 2.75) is 11.8 Å². The van der Waals surface area contributed by atoms with Crippen LogP contribution in [0.15, 0.2) is 35.2 Å². The van der Waals surface area contributed by atoms with E-state index in [9.17, 15) is 13.2 Å². The molecule has 0 spiro atoms. The Morgan fingerprint density at radius 3 is 2.33 bits per heavy atom. The van der Waals surface area contributed by atoms with E-state index in [1.807, 2.05) is 0 Å². The van der Waals surface area contributed by atoms with E-state index in [1.165, 1.54) is 19.1 Å². The third-order valence-electron chi connectivity index (χ3n) is 1.61. The average Bonchev–Trinajstić information content (AvgIpc) is 2.18. The maximum absolute atomic E-state index is 11.7. The number of sulfonamides is 1. The summed E-state index contributed by atoms with van der Waals surface area (Å²) >= 11 is 0. The lowest BCUT2D eigenvalue weighted by molar-refractivity contribution is -0.121. The minimum absolute atomic E-state index is 0.0775. The molecule has 0 saturated heterocycles. The number of hydrazine groups is 1. The maximum Gasteiger partial charge on any atom is 0.259 e. The Morgan fingerprint density at radius 1 is 1.33 bits per heavy atom. The molecule has 1 rings (SSSR count). The highest BCUT2D eigenvalue weighted by molar-refractivity contribution is 7.89. The molecule has 1 radical (unpaired) electrons. The van der Waals surface area contributed by atoms with Gasteiger partial charge in [0, 0.05) is 6.92 Å². The predicted molar refractivity (Wildman–Crippen MR) is 54.6 cm³/mol. The summed E-state index contributed by atoms with van der Waals surface area (Å²) in [6.45, 7) is 1.21. The number of nitrogens with one attached hydrogen (secondary N) is 1. The number of benzene rings is 1. The van der Waals surface area contributed by atoms with Crippen molar-refractivity contribution in [1.82, 2.24) is 9.84 Å². The lowest BCUT2D eigenvalue weighted by atomic mass is 10.4. The normalized spacial score (nSPS) is 11.4. The average molecular weight is 227 g/mol. The van der Waals surface area contributed by atoms with Crippen molar-refractivity contribution >= 4 is 15.9 Å². The highest BCUT2D eigenvalue weighted by Crippen LogP contribution is 2.11. The van der Waals surface area contributed by atoms with Crippen LogP contribution in [0.4, 0.5) is 0 Å². The smallest absolute Gasteiger partial charge is 0.259 e. The number of hydrogen-bond donors (Lipinski definition) is 1. The Morgan fingerprint density at radius 2 is 1.87 bits per heavy atom. The van der Waals surface area contributed by atoms with Gasteiger partial charge in [0.2, 0.25) is 5.91 Å². The van der Waals surface area contributed by atoms with Crippen molar-refractivity contribution in [3.05, 3.63) is 37.4 Å². The van der Waals surface area contributed by atoms with Crippen molar-refractivity contribution in [3.8, 4) is 0 Å². The Bertz CT molecular complexity index is 442. The van der Waals surface area contributed by atoms with Gasteiger partial charge in [0.05, 0.1) is 11.9 Å². The van der Waals surface area contributed by atoms with E-state index in [0.717, 1.165) is 0 Å². The molecular formula is C9H11N2O3S. The molecular weight excluding hydrogens is 216 g/mol. The molecule has 0 unspecified atom stereocenters. The van der Waals surface area contributed by atoms with E-state index in [2.05, 4.69) is 12.5 Å². The highest BCUT2D eigenvalue weighted by Gasteiger charge is 2.20. The number of amides is 1. The van der Waals surface area contributed by atoms with Crippen LogP contribution in [0, 0.1) is 7.05 Å². The molecule has 6 heteroatoms. The molecule has 0 fully saturated rings. The van der Waals surface area contributed by atoms with Gasteiger partial charge in [-0.1, -0.05) is 18.2 Å². The van der Waals surface area contributed by atoms with Crippen molar-refractivity contribution < 1.29 is 13.2 Å². The second kappa shape index (κ2) is 4.41. The lowest BCUT2D eigenvalue weighted by Crippen LogP contribution is -2.40. The minimum Gasteiger partial charge on any atom is -0.275 e. The molecule has 0 atom stereocenters. The molecule has 81 valence electrons. The molecule has 15 heavy (non-hydrogen) atoms. The fraction of sp³-hybridized carbons (Fsp3) is 0.111. The molecule has 5 nitrogen and oxygen atoms in total. The zero-order valence-electron chi connectivity index (χ0n) is 8.17. The molecule has 1 aromatic carbocycles. The van der Waals surface area contributed by atoms with E-state index < -0.39 is 15.9 Å². The molecule has 0 aromatic heterocycles. The predicted octanol–water partition coefficient (Wildman–Crippen LogP) is 0.520. The molecule has 0 bridgehead atoms. The van der Waals surface area contributed by atoms with E-state index in [4.69, 9.17) is 0 Å². The summed E-state index contributed by atoms with van der Waals surface area (Å²) in [5.74, 6) is -0.496. The molecule has 1 N–H and O–H groups in total. The van der Waals surface area contributed by atoms with Crippen LogP contribution in [0.3, 0.4) is 0 Å². The van der Waals surface area contributed by atoms with Gasteiger partial charge in [-0.3, -0.25) is 10.2 Å². The molecule has 0 heterocycles. The number of carbonyl (C=O) groups is 1. The van der Waals surface area contributed by atoms with Crippen LogP contribution in [-0.2, 0) is 14.8 Å². The van der Waals surface area contributed by atoms with Crippen LogP contribution in [-0.4, -0.2) is 18.7 Å². The Hall–Kier alpha value is -1.40. The maximum atomic E-state index is 11.7. The van der Waals surface area contributed by atoms with E-state index in [0.29, 0.717) is 4.41 Å². The Balaban J connectivity index is 2.99. The van der Waals surface area contributed by atoms with Crippen molar-refractivity contribution in [2.24, 2.45) is 0 Å². The second-order valence-corrected chi connectivity index (χ2v) is 4.70. The van der Waals surface area contributed by atoms with Gasteiger partial charge in [-0.15, -0.1) is 4.41 Å². The summed E-state index contributed by atoms with van der Waals surface area (Å²) in [4.78, 5) is 10.8. The van der Waals surface area contributed by atoms with Gasteiger partial charge < -0.3 is 0 Å². The van der Waals surface area contributed by atoms with Crippen LogP contribution in [0.25, 0.3) is 0 Å². The first-order chi connectivity index (χ1) is 6.94. The summed E-state index contributed by atoms with van der Waals surface area (Å²) < 4.78 is 24.0. The fourth-order valence-corrected chi connectivity index (χ4v) is 1.96. The van der Waals surface area contributed by atoms with Crippen molar-refractivity contribution in [2.75, 3.05) is 0 Å². The number of nitrogens with zero attached hydrogens (tertiary/aromatic N) is 1. The first-order valence-electron chi connectivity index (χ1n) is 4.12. The molecule has 1 aromatic rings. The van der Waals surface area contributed by atoms with Crippen molar-refractivity contribution in [1.29, 1.82) is 0 Å². The number of hydrogen-bond acceptors (Lipinski definition) is 3. The molecule has 0 aliphatic carbocycles. The summed E-state index contributed by atoms with van der Waals surface area (Å²) in [5, 5.41) is 0. The monoisotopic (exact) mass is 227 g/mol. The molecule has 0 aliphatic rings.